The summed E-state index contributed by atoms with van der Waals surface area (Å²) in [6.45, 7) is 2.50. The highest BCUT2D eigenvalue weighted by Crippen LogP contribution is 2.27. The van der Waals surface area contributed by atoms with Crippen molar-refractivity contribution >= 4 is 17.2 Å². The number of Topliss-reactive ketones (excluding diaryl/α,β-unsaturated/α-hetero) is 1. The molecule has 0 aromatic heterocycles. The number of aliphatic hydroxyl groups is 1. The minimum absolute atomic E-state index is 0.0162. The van der Waals surface area contributed by atoms with Gasteiger partial charge in [0.05, 0.1) is 4.92 Å². The molecule has 1 aromatic carbocycles. The second-order valence-electron chi connectivity index (χ2n) is 3.44. The first kappa shape index (κ1) is 13.5. The Hall–Kier alpha value is -2.57. The first-order chi connectivity index (χ1) is 8.43. The van der Waals surface area contributed by atoms with E-state index in [4.69, 9.17) is 0 Å². The van der Waals surface area contributed by atoms with Crippen LogP contribution in [0, 0.1) is 10.1 Å². The molecule has 0 unspecified atom stereocenters. The maximum atomic E-state index is 11.1. The smallest absolute Gasteiger partial charge is 0.296 e. The van der Waals surface area contributed by atoms with Crippen molar-refractivity contribution in [3.63, 3.8) is 0 Å². The Labute approximate surface area is 103 Å². The van der Waals surface area contributed by atoms with Crippen molar-refractivity contribution in [2.24, 2.45) is 10.2 Å². The van der Waals surface area contributed by atoms with Gasteiger partial charge in [0.25, 0.3) is 5.69 Å². The summed E-state index contributed by atoms with van der Waals surface area (Å²) in [7, 11) is 0. The predicted octanol–water partition coefficient (Wildman–Crippen LogP) is 3.06. The Balaban J connectivity index is 3.16. The molecule has 0 amide bonds. The second-order valence-corrected chi connectivity index (χ2v) is 3.44. The van der Waals surface area contributed by atoms with Gasteiger partial charge in [0.15, 0.2) is 17.2 Å². The van der Waals surface area contributed by atoms with Crippen molar-refractivity contribution in [2.75, 3.05) is 0 Å². The Bertz CT molecular complexity index is 545. The van der Waals surface area contributed by atoms with E-state index >= 15 is 0 Å². The lowest BCUT2D eigenvalue weighted by molar-refractivity contribution is -0.384. The first-order valence-corrected chi connectivity index (χ1v) is 4.99. The number of carbonyl (C=O) groups is 1. The molecule has 0 aliphatic rings. The van der Waals surface area contributed by atoms with E-state index in [0.717, 1.165) is 0 Å². The molecule has 0 aliphatic carbocycles. The molecule has 0 radical (unpaired) electrons. The summed E-state index contributed by atoms with van der Waals surface area (Å²) in [5, 5.41) is 27.1. The summed E-state index contributed by atoms with van der Waals surface area (Å²) < 4.78 is 0. The minimum Gasteiger partial charge on any atom is -0.510 e. The molecule has 18 heavy (non-hydrogen) atoms. The molecule has 0 atom stereocenters. The molecule has 1 rings (SSSR count). The number of carbonyl (C=O) groups excluding carboxylic acids is 1. The standard InChI is InChI=1S/C11H11N3O4/c1-7(15)11(8(2)16)13-12-9-5-3-4-6-10(9)14(17)18/h3-6,15H,1-2H3/b11-7+,13-12?. The van der Waals surface area contributed by atoms with Crippen molar-refractivity contribution in [2.45, 2.75) is 13.8 Å². The minimum atomic E-state index is -0.600. The molecule has 7 heteroatoms. The monoisotopic (exact) mass is 249 g/mol. The topological polar surface area (TPSA) is 105 Å². The van der Waals surface area contributed by atoms with Crippen molar-refractivity contribution in [3.8, 4) is 0 Å². The SMILES string of the molecule is CC(=O)/C(N=Nc1ccccc1[N+](=O)[O-])=C(/C)O. The molecule has 7 nitrogen and oxygen atoms in total. The third-order valence-corrected chi connectivity index (χ3v) is 2.01. The molecule has 0 spiro atoms. The largest absolute Gasteiger partial charge is 0.510 e. The van der Waals surface area contributed by atoms with Crippen LogP contribution in [0.1, 0.15) is 13.8 Å². The molecule has 0 bridgehead atoms. The average Bonchev–Trinajstić information content (AvgIpc) is 2.28. The second kappa shape index (κ2) is 5.67. The molecule has 0 fully saturated rings. The Morgan fingerprint density at radius 1 is 1.33 bits per heavy atom. The molecule has 0 saturated carbocycles. The number of azo groups is 1. The van der Waals surface area contributed by atoms with Crippen LogP contribution in [0.25, 0.3) is 0 Å². The van der Waals surface area contributed by atoms with Crippen LogP contribution in [0.2, 0.25) is 0 Å². The van der Waals surface area contributed by atoms with E-state index in [1.165, 1.54) is 32.0 Å². The van der Waals surface area contributed by atoms with Crippen LogP contribution >= 0.6 is 0 Å². The first-order valence-electron chi connectivity index (χ1n) is 4.99. The number of hydrogen-bond donors (Lipinski definition) is 1. The molecular formula is C11H11N3O4. The van der Waals surface area contributed by atoms with Crippen LogP contribution in [0.5, 0.6) is 0 Å². The van der Waals surface area contributed by atoms with Crippen LogP contribution in [-0.2, 0) is 4.79 Å². The highest BCUT2D eigenvalue weighted by molar-refractivity contribution is 5.93. The van der Waals surface area contributed by atoms with Gasteiger partial charge in [0.2, 0.25) is 0 Å². The number of ketones is 1. The van der Waals surface area contributed by atoms with Crippen molar-refractivity contribution < 1.29 is 14.8 Å². The summed E-state index contributed by atoms with van der Waals surface area (Å²) in [6, 6.07) is 5.73. The number of hydrogen-bond acceptors (Lipinski definition) is 6. The molecule has 0 heterocycles. The third-order valence-electron chi connectivity index (χ3n) is 2.01. The van der Waals surface area contributed by atoms with E-state index < -0.39 is 10.7 Å². The van der Waals surface area contributed by atoms with Gasteiger partial charge >= 0.3 is 0 Å². The van der Waals surface area contributed by atoms with E-state index in [1.54, 1.807) is 6.07 Å². The van der Waals surface area contributed by atoms with Gasteiger partial charge < -0.3 is 5.11 Å². The highest BCUT2D eigenvalue weighted by Gasteiger charge is 2.13. The lowest BCUT2D eigenvalue weighted by atomic mass is 10.3. The number of benzene rings is 1. The summed E-state index contributed by atoms with van der Waals surface area (Å²) in [5.74, 6) is -0.762. The Morgan fingerprint density at radius 3 is 2.44 bits per heavy atom. The zero-order valence-corrected chi connectivity index (χ0v) is 9.82. The van der Waals surface area contributed by atoms with E-state index in [1.807, 2.05) is 0 Å². The van der Waals surface area contributed by atoms with Crippen molar-refractivity contribution in [1.82, 2.24) is 0 Å². The van der Waals surface area contributed by atoms with Gasteiger partial charge in [-0.15, -0.1) is 10.2 Å². The van der Waals surface area contributed by atoms with Crippen molar-refractivity contribution in [1.29, 1.82) is 0 Å². The van der Waals surface area contributed by atoms with Crippen molar-refractivity contribution in [3.05, 3.63) is 45.8 Å². The van der Waals surface area contributed by atoms with E-state index in [-0.39, 0.29) is 22.8 Å². The zero-order valence-electron chi connectivity index (χ0n) is 9.82. The third kappa shape index (κ3) is 3.21. The highest BCUT2D eigenvalue weighted by atomic mass is 16.6. The summed E-state index contributed by atoms with van der Waals surface area (Å²) in [6.07, 6.45) is 0. The van der Waals surface area contributed by atoms with Gasteiger partial charge in [-0.05, 0) is 13.0 Å². The van der Waals surface area contributed by atoms with Crippen LogP contribution in [-0.4, -0.2) is 15.8 Å². The van der Waals surface area contributed by atoms with Gasteiger partial charge in [0, 0.05) is 13.0 Å². The number of allylic oxidation sites excluding steroid dienone is 2. The number of nitro groups is 1. The van der Waals surface area contributed by atoms with E-state index in [2.05, 4.69) is 10.2 Å². The van der Waals surface area contributed by atoms with Gasteiger partial charge in [-0.3, -0.25) is 14.9 Å². The maximum absolute atomic E-state index is 11.1. The van der Waals surface area contributed by atoms with Crippen LogP contribution in [0.15, 0.2) is 46.0 Å². The zero-order chi connectivity index (χ0) is 13.7. The predicted molar refractivity (Wildman–Crippen MR) is 63.6 cm³/mol. The van der Waals surface area contributed by atoms with Gasteiger partial charge in [-0.2, -0.15) is 0 Å². The summed E-state index contributed by atoms with van der Waals surface area (Å²) in [5.41, 5.74) is -0.435. The normalized spacial score (nSPS) is 12.3. The number of para-hydroxylation sites is 1. The fourth-order valence-corrected chi connectivity index (χ4v) is 1.20. The maximum Gasteiger partial charge on any atom is 0.296 e. The number of aliphatic hydroxyl groups excluding tert-OH is 1. The molecule has 94 valence electrons. The molecule has 0 saturated heterocycles. The van der Waals surface area contributed by atoms with E-state index in [0.29, 0.717) is 0 Å². The van der Waals surface area contributed by atoms with Gasteiger partial charge in [0.1, 0.15) is 5.76 Å². The van der Waals surface area contributed by atoms with Gasteiger partial charge in [-0.25, -0.2) is 0 Å². The molecule has 1 N–H and O–H groups in total. The van der Waals surface area contributed by atoms with Crippen LogP contribution < -0.4 is 0 Å². The molecule has 0 aliphatic heterocycles. The Morgan fingerprint density at radius 2 is 1.94 bits per heavy atom. The number of rotatable bonds is 4. The quantitative estimate of drug-likeness (QED) is 0.291. The molecule has 1 aromatic rings. The summed E-state index contributed by atoms with van der Waals surface area (Å²) >= 11 is 0. The molecular weight excluding hydrogens is 238 g/mol. The lowest BCUT2D eigenvalue weighted by Crippen LogP contribution is -1.96. The van der Waals surface area contributed by atoms with Crippen LogP contribution in [0.4, 0.5) is 11.4 Å². The average molecular weight is 249 g/mol. The van der Waals surface area contributed by atoms with Gasteiger partial charge in [-0.1, -0.05) is 12.1 Å². The fraction of sp³-hybridized carbons (Fsp3) is 0.182. The summed E-state index contributed by atoms with van der Waals surface area (Å²) in [4.78, 5) is 21.2. The lowest BCUT2D eigenvalue weighted by Gasteiger charge is -1.97. The fourth-order valence-electron chi connectivity index (χ4n) is 1.20. The van der Waals surface area contributed by atoms with E-state index in [9.17, 15) is 20.0 Å². The number of nitro benzene ring substituents is 1. The number of nitrogens with zero attached hydrogens (tertiary/aromatic N) is 3. The van der Waals surface area contributed by atoms with Crippen LogP contribution in [0.3, 0.4) is 0 Å². The Kier molecular flexibility index (Phi) is 4.25.